The maximum absolute atomic E-state index is 12.4. The Bertz CT molecular complexity index is 558. The van der Waals surface area contributed by atoms with Crippen molar-refractivity contribution < 1.29 is 9.90 Å². The zero-order chi connectivity index (χ0) is 18.3. The molecule has 0 saturated carbocycles. The first-order valence-electron chi connectivity index (χ1n) is 9.27. The minimum atomic E-state index is -0.597. The van der Waals surface area contributed by atoms with Gasteiger partial charge in [-0.2, -0.15) is 0 Å². The van der Waals surface area contributed by atoms with Crippen molar-refractivity contribution in [3.63, 3.8) is 0 Å². The van der Waals surface area contributed by atoms with Gasteiger partial charge in [-0.15, -0.1) is 0 Å². The number of benzene rings is 1. The third-order valence-electron chi connectivity index (χ3n) is 4.88. The van der Waals surface area contributed by atoms with Crippen molar-refractivity contribution >= 4 is 17.4 Å². The normalized spacial score (nSPS) is 17.8. The summed E-state index contributed by atoms with van der Waals surface area (Å²) in [5.41, 5.74) is 1.26. The topological polar surface area (TPSA) is 67.8 Å². The molecule has 0 aromatic heterocycles. The molecule has 0 aliphatic carbocycles. The van der Waals surface area contributed by atoms with E-state index in [1.54, 1.807) is 0 Å². The first-order chi connectivity index (χ1) is 12.0. The minimum Gasteiger partial charge on any atom is -0.394 e. The van der Waals surface area contributed by atoms with E-state index < -0.39 is 5.54 Å². The van der Waals surface area contributed by atoms with Gasteiger partial charge in [0.15, 0.2) is 0 Å². The summed E-state index contributed by atoms with van der Waals surface area (Å²) in [6, 6.07) is 7.63. The molecule has 0 unspecified atom stereocenters. The molecule has 0 bridgehead atoms. The van der Waals surface area contributed by atoms with E-state index in [-0.39, 0.29) is 12.6 Å². The number of nitrogens with zero attached hydrogens (tertiary/aromatic N) is 2. The standard InChI is InChI=1S/C19H32N4O2/c1-4-10-19(3,15-24)21-18(25)20-16-8-6-7-9-17(16)23-13-11-22(5-2)12-14-23/h6-9,24H,4-5,10-15H2,1-3H3,(H2,20,21,25)/t19-/m1/s1. The highest BCUT2D eigenvalue weighted by molar-refractivity contribution is 5.93. The number of aliphatic hydroxyl groups excluding tert-OH is 1. The third-order valence-corrected chi connectivity index (χ3v) is 4.88. The first kappa shape index (κ1) is 19.5. The summed E-state index contributed by atoms with van der Waals surface area (Å²) >= 11 is 0. The average Bonchev–Trinajstić information content (AvgIpc) is 2.62. The Hall–Kier alpha value is -1.79. The molecule has 1 heterocycles. The number of anilines is 2. The zero-order valence-electron chi connectivity index (χ0n) is 15.7. The SMILES string of the molecule is CCC[C@](C)(CO)NC(=O)Nc1ccccc1N1CCN(CC)CC1. The average molecular weight is 348 g/mol. The van der Waals surface area contributed by atoms with Gasteiger partial charge < -0.3 is 25.5 Å². The van der Waals surface area contributed by atoms with Crippen LogP contribution in [0.5, 0.6) is 0 Å². The van der Waals surface area contributed by atoms with E-state index in [9.17, 15) is 9.90 Å². The number of urea groups is 1. The fraction of sp³-hybridized carbons (Fsp3) is 0.632. The first-order valence-corrected chi connectivity index (χ1v) is 9.27. The van der Waals surface area contributed by atoms with Crippen LogP contribution >= 0.6 is 0 Å². The van der Waals surface area contributed by atoms with Crippen LogP contribution in [0.1, 0.15) is 33.6 Å². The Kier molecular flexibility index (Phi) is 7.08. The molecule has 140 valence electrons. The molecule has 2 amide bonds. The smallest absolute Gasteiger partial charge is 0.319 e. The highest BCUT2D eigenvalue weighted by Gasteiger charge is 2.25. The number of para-hydroxylation sites is 2. The number of piperazine rings is 1. The summed E-state index contributed by atoms with van der Waals surface area (Å²) in [4.78, 5) is 17.2. The summed E-state index contributed by atoms with van der Waals surface area (Å²) < 4.78 is 0. The van der Waals surface area contributed by atoms with Crippen molar-refractivity contribution in [2.45, 2.75) is 39.2 Å². The van der Waals surface area contributed by atoms with Gasteiger partial charge in [-0.3, -0.25) is 0 Å². The second-order valence-corrected chi connectivity index (χ2v) is 6.99. The summed E-state index contributed by atoms with van der Waals surface area (Å²) in [5.74, 6) is 0. The van der Waals surface area contributed by atoms with Gasteiger partial charge in [0, 0.05) is 26.2 Å². The second-order valence-electron chi connectivity index (χ2n) is 6.99. The van der Waals surface area contributed by atoms with E-state index in [2.05, 4.69) is 33.4 Å². The van der Waals surface area contributed by atoms with E-state index in [1.165, 1.54) is 0 Å². The molecule has 1 atom stereocenters. The number of nitrogens with one attached hydrogen (secondary N) is 2. The number of carbonyl (C=O) groups excluding carboxylic acids is 1. The molecule has 2 rings (SSSR count). The maximum atomic E-state index is 12.4. The molecule has 25 heavy (non-hydrogen) atoms. The van der Waals surface area contributed by atoms with Crippen LogP contribution in [-0.4, -0.2) is 60.9 Å². The van der Waals surface area contributed by atoms with Crippen LogP contribution in [0.4, 0.5) is 16.2 Å². The van der Waals surface area contributed by atoms with Gasteiger partial charge in [0.2, 0.25) is 0 Å². The van der Waals surface area contributed by atoms with Crippen molar-refractivity contribution in [2.75, 3.05) is 49.5 Å². The summed E-state index contributed by atoms with van der Waals surface area (Å²) in [6.07, 6.45) is 1.63. The molecule has 3 N–H and O–H groups in total. The Labute approximate surface area is 151 Å². The Morgan fingerprint density at radius 2 is 1.88 bits per heavy atom. The van der Waals surface area contributed by atoms with Gasteiger partial charge in [0.25, 0.3) is 0 Å². The van der Waals surface area contributed by atoms with Crippen LogP contribution in [0.2, 0.25) is 0 Å². The molecule has 1 aliphatic rings. The lowest BCUT2D eigenvalue weighted by molar-refractivity contribution is 0.167. The molecule has 1 aromatic rings. The molecule has 1 saturated heterocycles. The Morgan fingerprint density at radius 1 is 1.20 bits per heavy atom. The van der Waals surface area contributed by atoms with Crippen LogP contribution < -0.4 is 15.5 Å². The lowest BCUT2D eigenvalue weighted by Crippen LogP contribution is -2.50. The quantitative estimate of drug-likeness (QED) is 0.708. The van der Waals surface area contributed by atoms with Gasteiger partial charge in [0.05, 0.1) is 23.5 Å². The van der Waals surface area contributed by atoms with E-state index >= 15 is 0 Å². The minimum absolute atomic E-state index is 0.0745. The highest BCUT2D eigenvalue weighted by atomic mass is 16.3. The van der Waals surface area contributed by atoms with Crippen LogP contribution in [-0.2, 0) is 0 Å². The number of likely N-dealkylation sites (N-methyl/N-ethyl adjacent to an activating group) is 1. The fourth-order valence-corrected chi connectivity index (χ4v) is 3.32. The summed E-state index contributed by atoms with van der Waals surface area (Å²) in [6.45, 7) is 11.1. The van der Waals surface area contributed by atoms with Gasteiger partial charge >= 0.3 is 6.03 Å². The summed E-state index contributed by atoms with van der Waals surface area (Å²) in [7, 11) is 0. The van der Waals surface area contributed by atoms with Crippen molar-refractivity contribution in [3.8, 4) is 0 Å². The van der Waals surface area contributed by atoms with E-state index in [4.69, 9.17) is 0 Å². The Morgan fingerprint density at radius 3 is 2.48 bits per heavy atom. The van der Waals surface area contributed by atoms with Gasteiger partial charge in [-0.1, -0.05) is 32.4 Å². The fourth-order valence-electron chi connectivity index (χ4n) is 3.32. The highest BCUT2D eigenvalue weighted by Crippen LogP contribution is 2.26. The number of rotatable bonds is 7. The number of hydrogen-bond acceptors (Lipinski definition) is 4. The zero-order valence-corrected chi connectivity index (χ0v) is 15.7. The number of carbonyl (C=O) groups is 1. The molecule has 0 spiro atoms. The molecular weight excluding hydrogens is 316 g/mol. The number of amides is 2. The van der Waals surface area contributed by atoms with Gasteiger partial charge in [-0.05, 0) is 32.0 Å². The van der Waals surface area contributed by atoms with Gasteiger partial charge in [-0.25, -0.2) is 4.79 Å². The van der Waals surface area contributed by atoms with Crippen LogP contribution in [0, 0.1) is 0 Å². The summed E-state index contributed by atoms with van der Waals surface area (Å²) in [5, 5.41) is 15.5. The van der Waals surface area contributed by atoms with Crippen molar-refractivity contribution in [2.24, 2.45) is 0 Å². The van der Waals surface area contributed by atoms with E-state index in [0.717, 1.165) is 56.9 Å². The lowest BCUT2D eigenvalue weighted by atomic mass is 9.98. The lowest BCUT2D eigenvalue weighted by Gasteiger charge is -2.36. The molecule has 1 fully saturated rings. The second kappa shape index (κ2) is 9.06. The molecule has 6 heteroatoms. The maximum Gasteiger partial charge on any atom is 0.319 e. The third kappa shape index (κ3) is 5.34. The van der Waals surface area contributed by atoms with Crippen molar-refractivity contribution in [1.82, 2.24) is 10.2 Å². The predicted octanol–water partition coefficient (Wildman–Crippen LogP) is 2.50. The van der Waals surface area contributed by atoms with Crippen LogP contribution in [0.25, 0.3) is 0 Å². The van der Waals surface area contributed by atoms with Crippen LogP contribution in [0.15, 0.2) is 24.3 Å². The monoisotopic (exact) mass is 348 g/mol. The van der Waals surface area contributed by atoms with E-state index in [0.29, 0.717) is 0 Å². The Balaban J connectivity index is 2.04. The van der Waals surface area contributed by atoms with Crippen molar-refractivity contribution in [1.29, 1.82) is 0 Å². The van der Waals surface area contributed by atoms with Crippen LogP contribution in [0.3, 0.4) is 0 Å². The molecule has 1 aromatic carbocycles. The molecular formula is C19H32N4O2. The van der Waals surface area contributed by atoms with E-state index in [1.807, 2.05) is 32.0 Å². The largest absolute Gasteiger partial charge is 0.394 e. The predicted molar refractivity (Wildman–Crippen MR) is 103 cm³/mol. The number of hydrogen-bond donors (Lipinski definition) is 3. The molecule has 1 aliphatic heterocycles. The van der Waals surface area contributed by atoms with Gasteiger partial charge in [0.1, 0.15) is 0 Å². The van der Waals surface area contributed by atoms with Crippen molar-refractivity contribution in [3.05, 3.63) is 24.3 Å². The number of aliphatic hydroxyl groups is 1. The molecule has 0 radical (unpaired) electrons. The molecule has 6 nitrogen and oxygen atoms in total.